The normalized spacial score (nSPS) is 10.4. The van der Waals surface area contributed by atoms with Crippen LogP contribution in [0.3, 0.4) is 0 Å². The fraction of sp³-hybridized carbons (Fsp3) is 0.0556. The average Bonchev–Trinajstić information content (AvgIpc) is 2.63. The Labute approximate surface area is 169 Å². The molecule has 2 aromatic carbocycles. The molecule has 0 atom stereocenters. The molecule has 27 heavy (non-hydrogen) atoms. The molecule has 0 aliphatic rings. The first-order valence-corrected chi connectivity index (χ1v) is 9.50. The zero-order valence-electron chi connectivity index (χ0n) is 13.8. The van der Waals surface area contributed by atoms with Gasteiger partial charge in [0.25, 0.3) is 0 Å². The van der Waals surface area contributed by atoms with Crippen molar-refractivity contribution < 1.29 is 9.90 Å². The molecule has 0 bridgehead atoms. The zero-order valence-corrected chi connectivity index (χ0v) is 16.1. The molecule has 0 saturated carbocycles. The minimum atomic E-state index is -1.08. The van der Waals surface area contributed by atoms with Gasteiger partial charge in [-0.05, 0) is 47.5 Å². The molecule has 9 heteroatoms. The molecule has 1 heterocycles. The van der Waals surface area contributed by atoms with Crippen molar-refractivity contribution in [2.24, 2.45) is 0 Å². The topological polar surface area (TPSA) is 87.1 Å². The van der Waals surface area contributed by atoms with E-state index in [-0.39, 0.29) is 5.28 Å². The van der Waals surface area contributed by atoms with Gasteiger partial charge in [-0.3, -0.25) is 5.32 Å². The summed E-state index contributed by atoms with van der Waals surface area (Å²) in [6.07, 6.45) is 0.358. The van der Waals surface area contributed by atoms with Gasteiger partial charge in [0.05, 0.1) is 6.20 Å². The largest absolute Gasteiger partial charge is 0.465 e. The number of hydrogen-bond donors (Lipinski definition) is 3. The molecule has 0 spiro atoms. The molecule has 0 radical (unpaired) electrons. The van der Waals surface area contributed by atoms with Crippen LogP contribution in [0.5, 0.6) is 0 Å². The average molecular weight is 421 g/mol. The molecular weight excluding hydrogens is 407 g/mol. The van der Waals surface area contributed by atoms with Crippen molar-refractivity contribution in [3.05, 3.63) is 70.6 Å². The van der Waals surface area contributed by atoms with E-state index < -0.39 is 6.09 Å². The molecule has 3 rings (SSSR count). The minimum absolute atomic E-state index is 0.114. The summed E-state index contributed by atoms with van der Waals surface area (Å²) in [5, 5.41) is 14.8. The third-order valence-electron chi connectivity index (χ3n) is 3.40. The second kappa shape index (κ2) is 8.94. The zero-order chi connectivity index (χ0) is 19.2. The van der Waals surface area contributed by atoms with E-state index in [2.05, 4.69) is 20.6 Å². The van der Waals surface area contributed by atoms with Crippen LogP contribution in [0.4, 0.5) is 22.0 Å². The van der Waals surface area contributed by atoms with E-state index in [0.29, 0.717) is 22.3 Å². The molecule has 138 valence electrons. The number of amides is 1. The Bertz CT molecular complexity index is 972. The van der Waals surface area contributed by atoms with Gasteiger partial charge in [0.2, 0.25) is 5.28 Å². The van der Waals surface area contributed by atoms with E-state index >= 15 is 0 Å². The summed E-state index contributed by atoms with van der Waals surface area (Å²) in [4.78, 5) is 19.6. The van der Waals surface area contributed by atoms with Crippen molar-refractivity contribution in [3.63, 3.8) is 0 Å². The predicted molar refractivity (Wildman–Crippen MR) is 109 cm³/mol. The lowest BCUT2D eigenvalue weighted by atomic mass is 10.2. The lowest BCUT2D eigenvalue weighted by Crippen LogP contribution is -2.06. The van der Waals surface area contributed by atoms with Crippen LogP contribution in [0.25, 0.3) is 0 Å². The summed E-state index contributed by atoms with van der Waals surface area (Å²) in [5.41, 5.74) is 2.45. The molecule has 1 aromatic heterocycles. The Morgan fingerprint density at radius 3 is 2.70 bits per heavy atom. The molecule has 6 nitrogen and oxygen atoms in total. The lowest BCUT2D eigenvalue weighted by molar-refractivity contribution is 0.209. The van der Waals surface area contributed by atoms with Crippen LogP contribution >= 0.6 is 35.0 Å². The van der Waals surface area contributed by atoms with Gasteiger partial charge in [-0.15, -0.1) is 11.8 Å². The van der Waals surface area contributed by atoms with Gasteiger partial charge < -0.3 is 10.4 Å². The van der Waals surface area contributed by atoms with E-state index in [4.69, 9.17) is 28.3 Å². The summed E-state index contributed by atoms with van der Waals surface area (Å²) < 4.78 is 0. The third-order valence-corrected chi connectivity index (χ3v) is 4.92. The number of halogens is 2. The van der Waals surface area contributed by atoms with Crippen molar-refractivity contribution in [1.82, 2.24) is 9.97 Å². The Hall–Kier alpha value is -2.48. The monoisotopic (exact) mass is 420 g/mol. The molecular formula is C18H14Cl2N4O2S. The highest BCUT2D eigenvalue weighted by Gasteiger charge is 2.06. The highest BCUT2D eigenvalue weighted by Crippen LogP contribution is 2.28. The van der Waals surface area contributed by atoms with Crippen LogP contribution in [0.1, 0.15) is 5.56 Å². The molecule has 1 amide bonds. The van der Waals surface area contributed by atoms with Crippen LogP contribution in [0, 0.1) is 0 Å². The standard InChI is InChI=1S/C18H14Cl2N4O2S/c19-15-9-21-17(20)24-16(15)22-12-4-1-3-11(7-12)10-27-14-6-2-5-13(8-14)23-18(25)26/h1-9,23H,10H2,(H,25,26)(H,21,22,24). The van der Waals surface area contributed by atoms with Gasteiger partial charge >= 0.3 is 6.09 Å². The number of carboxylic acid groups (broad SMARTS) is 1. The van der Waals surface area contributed by atoms with E-state index in [9.17, 15) is 4.79 Å². The minimum Gasteiger partial charge on any atom is -0.465 e. The molecule has 3 N–H and O–H groups in total. The van der Waals surface area contributed by atoms with E-state index in [0.717, 1.165) is 16.1 Å². The summed E-state index contributed by atoms with van der Waals surface area (Å²) in [7, 11) is 0. The first kappa shape index (κ1) is 19.3. The van der Waals surface area contributed by atoms with E-state index in [1.54, 1.807) is 23.9 Å². The van der Waals surface area contributed by atoms with Gasteiger partial charge in [-0.2, -0.15) is 4.98 Å². The molecule has 0 saturated heterocycles. The molecule has 0 aliphatic carbocycles. The Morgan fingerprint density at radius 2 is 1.89 bits per heavy atom. The lowest BCUT2D eigenvalue weighted by Gasteiger charge is -2.09. The molecule has 0 unspecified atom stereocenters. The fourth-order valence-corrected chi connectivity index (χ4v) is 3.43. The highest BCUT2D eigenvalue weighted by molar-refractivity contribution is 7.98. The Kier molecular flexibility index (Phi) is 6.39. The Morgan fingerprint density at radius 1 is 1.11 bits per heavy atom. The van der Waals surface area contributed by atoms with Gasteiger partial charge in [-0.1, -0.05) is 29.8 Å². The Balaban J connectivity index is 1.67. The summed E-state index contributed by atoms with van der Waals surface area (Å²) in [6, 6.07) is 15.1. The maximum absolute atomic E-state index is 10.7. The molecule has 3 aromatic rings. The molecule has 0 aliphatic heterocycles. The second-order valence-corrected chi connectivity index (χ2v) is 7.20. The van der Waals surface area contributed by atoms with Gasteiger partial charge in [0, 0.05) is 22.0 Å². The summed E-state index contributed by atoms with van der Waals surface area (Å²) in [5.74, 6) is 1.15. The van der Waals surface area contributed by atoms with Crippen molar-refractivity contribution in [2.75, 3.05) is 10.6 Å². The number of rotatable bonds is 6. The van der Waals surface area contributed by atoms with Crippen LogP contribution < -0.4 is 10.6 Å². The smallest absolute Gasteiger partial charge is 0.409 e. The summed E-state index contributed by atoms with van der Waals surface area (Å²) >= 11 is 13.5. The van der Waals surface area contributed by atoms with E-state index in [1.807, 2.05) is 36.4 Å². The number of anilines is 3. The number of hydrogen-bond acceptors (Lipinski definition) is 5. The highest BCUT2D eigenvalue weighted by atomic mass is 35.5. The van der Waals surface area contributed by atoms with Crippen LogP contribution in [-0.2, 0) is 5.75 Å². The van der Waals surface area contributed by atoms with E-state index in [1.165, 1.54) is 6.20 Å². The van der Waals surface area contributed by atoms with Gasteiger partial charge in [-0.25, -0.2) is 9.78 Å². The fourth-order valence-electron chi connectivity index (χ4n) is 2.26. The first-order valence-electron chi connectivity index (χ1n) is 7.76. The number of thioether (sulfide) groups is 1. The maximum atomic E-state index is 10.7. The number of benzene rings is 2. The summed E-state index contributed by atoms with van der Waals surface area (Å²) in [6.45, 7) is 0. The van der Waals surface area contributed by atoms with Gasteiger partial charge in [0.15, 0.2) is 5.82 Å². The SMILES string of the molecule is O=C(O)Nc1cccc(SCc2cccc(Nc3nc(Cl)ncc3Cl)c2)c1. The number of aromatic nitrogens is 2. The third kappa shape index (κ3) is 5.75. The number of carbonyl (C=O) groups is 1. The van der Waals surface area contributed by atoms with Crippen molar-refractivity contribution in [3.8, 4) is 0 Å². The predicted octanol–water partition coefficient (Wildman–Crippen LogP) is 5.91. The molecule has 0 fully saturated rings. The van der Waals surface area contributed by atoms with Crippen LogP contribution in [0.15, 0.2) is 59.6 Å². The second-order valence-electron chi connectivity index (χ2n) is 5.41. The van der Waals surface area contributed by atoms with Crippen LogP contribution in [0.2, 0.25) is 10.3 Å². The maximum Gasteiger partial charge on any atom is 0.409 e. The first-order chi connectivity index (χ1) is 13.0. The van der Waals surface area contributed by atoms with Crippen molar-refractivity contribution in [2.45, 2.75) is 10.6 Å². The number of nitrogens with one attached hydrogen (secondary N) is 2. The quantitative estimate of drug-likeness (QED) is 0.339. The number of nitrogens with zero attached hydrogens (tertiary/aromatic N) is 2. The van der Waals surface area contributed by atoms with Crippen molar-refractivity contribution in [1.29, 1.82) is 0 Å². The van der Waals surface area contributed by atoms with Gasteiger partial charge in [0.1, 0.15) is 5.02 Å². The van der Waals surface area contributed by atoms with Crippen molar-refractivity contribution >= 4 is 58.2 Å². The van der Waals surface area contributed by atoms with Crippen LogP contribution in [-0.4, -0.2) is 21.2 Å².